The number of rotatable bonds is 4. The summed E-state index contributed by atoms with van der Waals surface area (Å²) in [5.41, 5.74) is 6.37. The number of hydrogen-bond donors (Lipinski definition) is 1. The lowest BCUT2D eigenvalue weighted by molar-refractivity contribution is -0.120. The van der Waals surface area contributed by atoms with Crippen LogP contribution < -0.4 is 10.7 Å². The third kappa shape index (κ3) is 2.84. The standard InChI is InChI=1S/C13H20N4OS/c1-13(2,3)10-9(5-4-6-14)11(18)17(16-10)12-15-7-8-19-12/h7-9H,4-6,14H2,1-3H3. The number of nitrogens with zero attached hydrogens (tertiary/aromatic N) is 3. The van der Waals surface area contributed by atoms with Gasteiger partial charge < -0.3 is 5.73 Å². The van der Waals surface area contributed by atoms with Crippen LogP contribution in [-0.4, -0.2) is 23.1 Å². The fourth-order valence-electron chi connectivity index (χ4n) is 2.20. The number of amides is 1. The third-order valence-electron chi connectivity index (χ3n) is 3.11. The highest BCUT2D eigenvalue weighted by Gasteiger charge is 2.41. The molecule has 19 heavy (non-hydrogen) atoms. The largest absolute Gasteiger partial charge is 0.330 e. The Kier molecular flexibility index (Phi) is 4.01. The minimum atomic E-state index is -0.160. The van der Waals surface area contributed by atoms with Crippen LogP contribution in [0.3, 0.4) is 0 Å². The second-order valence-electron chi connectivity index (χ2n) is 5.68. The highest BCUT2D eigenvalue weighted by atomic mass is 32.1. The monoisotopic (exact) mass is 280 g/mol. The molecule has 2 N–H and O–H groups in total. The fourth-order valence-corrected chi connectivity index (χ4v) is 2.80. The average Bonchev–Trinajstić information content (AvgIpc) is 2.93. The number of thiazole rings is 1. The highest BCUT2D eigenvalue weighted by molar-refractivity contribution is 7.13. The van der Waals surface area contributed by atoms with Gasteiger partial charge in [0.15, 0.2) is 0 Å². The van der Waals surface area contributed by atoms with Crippen molar-refractivity contribution >= 4 is 28.1 Å². The molecule has 0 aromatic carbocycles. The maximum atomic E-state index is 12.5. The lowest BCUT2D eigenvalue weighted by atomic mass is 9.80. The summed E-state index contributed by atoms with van der Waals surface area (Å²) in [6.07, 6.45) is 3.28. The number of anilines is 1. The zero-order chi connectivity index (χ0) is 14.0. The maximum absolute atomic E-state index is 12.5. The van der Waals surface area contributed by atoms with Gasteiger partial charge in [-0.15, -0.1) is 11.3 Å². The zero-order valence-corrected chi connectivity index (χ0v) is 12.4. The molecule has 2 rings (SSSR count). The van der Waals surface area contributed by atoms with Crippen LogP contribution in [-0.2, 0) is 4.79 Å². The van der Waals surface area contributed by atoms with E-state index in [1.807, 2.05) is 5.38 Å². The number of carbonyl (C=O) groups excluding carboxylic acids is 1. The van der Waals surface area contributed by atoms with Crippen molar-refractivity contribution in [1.29, 1.82) is 0 Å². The molecule has 0 saturated heterocycles. The summed E-state index contributed by atoms with van der Waals surface area (Å²) in [5, 5.41) is 8.47. The summed E-state index contributed by atoms with van der Waals surface area (Å²) < 4.78 is 0. The van der Waals surface area contributed by atoms with Crippen LogP contribution in [0, 0.1) is 11.3 Å². The summed E-state index contributed by atoms with van der Waals surface area (Å²) >= 11 is 1.42. The molecule has 1 atom stereocenters. The Labute approximate surface area is 117 Å². The van der Waals surface area contributed by atoms with Crippen molar-refractivity contribution in [3.8, 4) is 0 Å². The van der Waals surface area contributed by atoms with E-state index in [0.717, 1.165) is 18.6 Å². The minimum absolute atomic E-state index is 0.0216. The van der Waals surface area contributed by atoms with Crippen LogP contribution in [0.2, 0.25) is 0 Å². The third-order valence-corrected chi connectivity index (χ3v) is 3.86. The number of carbonyl (C=O) groups is 1. The van der Waals surface area contributed by atoms with Crippen LogP contribution >= 0.6 is 11.3 Å². The molecule has 6 heteroatoms. The van der Waals surface area contributed by atoms with E-state index >= 15 is 0 Å². The predicted molar refractivity (Wildman–Crippen MR) is 78.3 cm³/mol. The Morgan fingerprint density at radius 1 is 1.47 bits per heavy atom. The number of hydrogen-bond acceptors (Lipinski definition) is 5. The van der Waals surface area contributed by atoms with Crippen molar-refractivity contribution in [3.63, 3.8) is 0 Å². The maximum Gasteiger partial charge on any atom is 0.258 e. The Hall–Kier alpha value is -1.27. The number of aromatic nitrogens is 1. The molecule has 1 aliphatic heterocycles. The van der Waals surface area contributed by atoms with Gasteiger partial charge in [-0.1, -0.05) is 20.8 Å². The molecule has 0 spiro atoms. The van der Waals surface area contributed by atoms with E-state index in [9.17, 15) is 4.79 Å². The number of nitrogens with two attached hydrogens (primary N) is 1. The van der Waals surface area contributed by atoms with Crippen molar-refractivity contribution in [2.24, 2.45) is 22.2 Å². The molecule has 0 radical (unpaired) electrons. The quantitative estimate of drug-likeness (QED) is 0.919. The lowest BCUT2D eigenvalue weighted by Crippen LogP contribution is -2.32. The van der Waals surface area contributed by atoms with Gasteiger partial charge in [-0.2, -0.15) is 10.1 Å². The molecular weight excluding hydrogens is 260 g/mol. The SMILES string of the molecule is CC(C)(C)C1=NN(c2nccs2)C(=O)C1CCCN. The first-order valence-corrected chi connectivity index (χ1v) is 7.35. The molecule has 1 aliphatic rings. The molecule has 1 amide bonds. The van der Waals surface area contributed by atoms with E-state index in [2.05, 4.69) is 30.9 Å². The summed E-state index contributed by atoms with van der Waals surface area (Å²) in [6.45, 7) is 6.85. The first kappa shape index (κ1) is 14.1. The molecule has 0 fully saturated rings. The van der Waals surface area contributed by atoms with Gasteiger partial charge in [0.1, 0.15) is 0 Å². The molecule has 5 nitrogen and oxygen atoms in total. The smallest absolute Gasteiger partial charge is 0.258 e. The van der Waals surface area contributed by atoms with Gasteiger partial charge in [0.25, 0.3) is 5.91 Å². The van der Waals surface area contributed by atoms with Gasteiger partial charge in [0, 0.05) is 17.0 Å². The Bertz CT molecular complexity index is 475. The Balaban J connectivity index is 2.30. The molecule has 0 aliphatic carbocycles. The molecule has 0 saturated carbocycles. The zero-order valence-electron chi connectivity index (χ0n) is 11.6. The van der Waals surface area contributed by atoms with Crippen molar-refractivity contribution in [3.05, 3.63) is 11.6 Å². The molecule has 2 heterocycles. The van der Waals surface area contributed by atoms with Crippen molar-refractivity contribution < 1.29 is 4.79 Å². The topological polar surface area (TPSA) is 71.6 Å². The lowest BCUT2D eigenvalue weighted by Gasteiger charge is -2.22. The Morgan fingerprint density at radius 2 is 2.21 bits per heavy atom. The van der Waals surface area contributed by atoms with Gasteiger partial charge in [0.05, 0.1) is 11.6 Å². The average molecular weight is 280 g/mol. The molecule has 0 bridgehead atoms. The highest BCUT2D eigenvalue weighted by Crippen LogP contribution is 2.34. The molecular formula is C13H20N4OS. The van der Waals surface area contributed by atoms with E-state index in [1.165, 1.54) is 16.3 Å². The van der Waals surface area contributed by atoms with Gasteiger partial charge in [0.2, 0.25) is 5.13 Å². The predicted octanol–water partition coefficient (Wildman–Crippen LogP) is 2.25. The van der Waals surface area contributed by atoms with Crippen LogP contribution in [0.1, 0.15) is 33.6 Å². The summed E-state index contributed by atoms with van der Waals surface area (Å²) in [4.78, 5) is 16.7. The van der Waals surface area contributed by atoms with E-state index in [-0.39, 0.29) is 17.2 Å². The van der Waals surface area contributed by atoms with E-state index in [1.54, 1.807) is 6.20 Å². The molecule has 1 aromatic rings. The molecule has 1 unspecified atom stereocenters. The molecule has 1 aromatic heterocycles. The normalized spacial score (nSPS) is 20.0. The first-order valence-electron chi connectivity index (χ1n) is 6.47. The minimum Gasteiger partial charge on any atom is -0.330 e. The van der Waals surface area contributed by atoms with Crippen molar-refractivity contribution in [2.45, 2.75) is 33.6 Å². The summed E-state index contributed by atoms with van der Waals surface area (Å²) in [6, 6.07) is 0. The number of hydrazone groups is 1. The van der Waals surface area contributed by atoms with Crippen molar-refractivity contribution in [1.82, 2.24) is 4.98 Å². The van der Waals surface area contributed by atoms with Gasteiger partial charge >= 0.3 is 0 Å². The first-order chi connectivity index (χ1) is 8.95. The second kappa shape index (κ2) is 5.38. The van der Waals surface area contributed by atoms with Crippen LogP contribution in [0.4, 0.5) is 5.13 Å². The van der Waals surface area contributed by atoms with Gasteiger partial charge in [-0.25, -0.2) is 4.98 Å². The molecule has 104 valence electrons. The Morgan fingerprint density at radius 3 is 2.74 bits per heavy atom. The van der Waals surface area contributed by atoms with E-state index < -0.39 is 0 Å². The van der Waals surface area contributed by atoms with Crippen LogP contribution in [0.5, 0.6) is 0 Å². The van der Waals surface area contributed by atoms with E-state index in [4.69, 9.17) is 5.73 Å². The van der Waals surface area contributed by atoms with Crippen LogP contribution in [0.15, 0.2) is 16.7 Å². The second-order valence-corrected chi connectivity index (χ2v) is 6.56. The fraction of sp³-hybridized carbons (Fsp3) is 0.615. The summed E-state index contributed by atoms with van der Waals surface area (Å²) in [5.74, 6) is -0.138. The van der Waals surface area contributed by atoms with Gasteiger partial charge in [-0.05, 0) is 19.4 Å². The van der Waals surface area contributed by atoms with Crippen molar-refractivity contribution in [2.75, 3.05) is 11.6 Å². The van der Waals surface area contributed by atoms with Gasteiger partial charge in [-0.3, -0.25) is 4.79 Å². The summed E-state index contributed by atoms with van der Waals surface area (Å²) in [7, 11) is 0. The van der Waals surface area contributed by atoms with Crippen LogP contribution in [0.25, 0.3) is 0 Å². The van der Waals surface area contributed by atoms with E-state index in [0.29, 0.717) is 11.7 Å².